The summed E-state index contributed by atoms with van der Waals surface area (Å²) in [6.45, 7) is 3.19. The number of rotatable bonds is 3. The standard InChI is InChI=1S/C14H18N2O4/c1-2-20-14(19)10-3-5-16(6-4-10)13(18)11-7-12(17)9-15-8-11/h7-10,17H,2-6H2,1H3. The number of hydrogen-bond acceptors (Lipinski definition) is 5. The molecule has 1 aliphatic heterocycles. The molecule has 0 radical (unpaired) electrons. The van der Waals surface area contributed by atoms with Crippen molar-refractivity contribution in [3.05, 3.63) is 24.0 Å². The Kier molecular flexibility index (Phi) is 4.55. The first-order valence-corrected chi connectivity index (χ1v) is 6.71. The number of carbonyl (C=O) groups is 2. The Morgan fingerprint density at radius 3 is 2.70 bits per heavy atom. The highest BCUT2D eigenvalue weighted by Crippen LogP contribution is 2.21. The van der Waals surface area contributed by atoms with Gasteiger partial charge in [-0.2, -0.15) is 0 Å². The third-order valence-electron chi connectivity index (χ3n) is 3.37. The van der Waals surface area contributed by atoms with E-state index in [0.717, 1.165) is 0 Å². The Labute approximate surface area is 117 Å². The second kappa shape index (κ2) is 6.36. The van der Waals surface area contributed by atoms with Crippen molar-refractivity contribution in [1.29, 1.82) is 0 Å². The van der Waals surface area contributed by atoms with Gasteiger partial charge in [0.05, 0.1) is 24.3 Å². The number of esters is 1. The molecule has 2 rings (SSSR count). The van der Waals surface area contributed by atoms with Crippen LogP contribution in [-0.4, -0.2) is 46.6 Å². The van der Waals surface area contributed by atoms with E-state index in [1.54, 1.807) is 11.8 Å². The van der Waals surface area contributed by atoms with Gasteiger partial charge in [-0.05, 0) is 25.8 Å². The van der Waals surface area contributed by atoms with Crippen LogP contribution in [0.1, 0.15) is 30.1 Å². The first kappa shape index (κ1) is 14.3. The molecule has 0 unspecified atom stereocenters. The molecule has 0 aromatic carbocycles. The molecule has 0 aliphatic carbocycles. The number of pyridine rings is 1. The van der Waals surface area contributed by atoms with Crippen LogP contribution in [0.4, 0.5) is 0 Å². The van der Waals surface area contributed by atoms with Crippen LogP contribution in [0.3, 0.4) is 0 Å². The lowest BCUT2D eigenvalue weighted by atomic mass is 9.96. The maximum atomic E-state index is 12.2. The summed E-state index contributed by atoms with van der Waals surface area (Å²) in [4.78, 5) is 29.3. The van der Waals surface area contributed by atoms with Crippen molar-refractivity contribution in [2.45, 2.75) is 19.8 Å². The fourth-order valence-electron chi connectivity index (χ4n) is 2.31. The summed E-state index contributed by atoms with van der Waals surface area (Å²) < 4.78 is 4.99. The quantitative estimate of drug-likeness (QED) is 0.840. The number of carbonyl (C=O) groups excluding carboxylic acids is 2. The summed E-state index contributed by atoms with van der Waals surface area (Å²) in [5.74, 6) is -0.507. The van der Waals surface area contributed by atoms with Crippen molar-refractivity contribution in [3.8, 4) is 5.75 Å². The largest absolute Gasteiger partial charge is 0.506 e. The van der Waals surface area contributed by atoms with Gasteiger partial charge < -0.3 is 14.7 Å². The zero-order chi connectivity index (χ0) is 14.5. The van der Waals surface area contributed by atoms with E-state index in [9.17, 15) is 14.7 Å². The van der Waals surface area contributed by atoms with Crippen LogP contribution in [0, 0.1) is 5.92 Å². The lowest BCUT2D eigenvalue weighted by molar-refractivity contribution is -0.149. The molecule has 0 atom stereocenters. The maximum Gasteiger partial charge on any atom is 0.309 e. The fraction of sp³-hybridized carbons (Fsp3) is 0.500. The van der Waals surface area contributed by atoms with E-state index in [-0.39, 0.29) is 23.5 Å². The van der Waals surface area contributed by atoms with Crippen LogP contribution in [-0.2, 0) is 9.53 Å². The molecule has 1 amide bonds. The zero-order valence-corrected chi connectivity index (χ0v) is 11.4. The molecule has 1 fully saturated rings. The molecule has 108 valence electrons. The van der Waals surface area contributed by atoms with Crippen LogP contribution in [0.5, 0.6) is 5.75 Å². The molecule has 1 aromatic heterocycles. The average Bonchev–Trinajstić information content (AvgIpc) is 2.47. The second-order valence-electron chi connectivity index (χ2n) is 4.75. The molecule has 20 heavy (non-hydrogen) atoms. The van der Waals surface area contributed by atoms with Gasteiger partial charge in [0.25, 0.3) is 5.91 Å². The molecule has 0 spiro atoms. The Balaban J connectivity index is 1.93. The van der Waals surface area contributed by atoms with E-state index >= 15 is 0 Å². The highest BCUT2D eigenvalue weighted by molar-refractivity contribution is 5.94. The highest BCUT2D eigenvalue weighted by Gasteiger charge is 2.28. The molecule has 6 heteroatoms. The van der Waals surface area contributed by atoms with E-state index in [4.69, 9.17) is 4.74 Å². The predicted molar refractivity (Wildman–Crippen MR) is 71.2 cm³/mol. The number of likely N-dealkylation sites (tertiary alicyclic amines) is 1. The number of hydrogen-bond donors (Lipinski definition) is 1. The topological polar surface area (TPSA) is 79.7 Å². The third kappa shape index (κ3) is 3.26. The first-order valence-electron chi connectivity index (χ1n) is 6.71. The molecule has 0 bridgehead atoms. The number of piperidine rings is 1. The highest BCUT2D eigenvalue weighted by atomic mass is 16.5. The molecule has 6 nitrogen and oxygen atoms in total. The van der Waals surface area contributed by atoms with Gasteiger partial charge in [-0.3, -0.25) is 14.6 Å². The van der Waals surface area contributed by atoms with Crippen LogP contribution >= 0.6 is 0 Å². The fourth-order valence-corrected chi connectivity index (χ4v) is 2.31. The molecular weight excluding hydrogens is 260 g/mol. The molecule has 1 saturated heterocycles. The van der Waals surface area contributed by atoms with E-state index in [1.165, 1.54) is 18.5 Å². The summed E-state index contributed by atoms with van der Waals surface area (Å²) >= 11 is 0. The number of nitrogens with zero attached hydrogens (tertiary/aromatic N) is 2. The Hall–Kier alpha value is -2.11. The Morgan fingerprint density at radius 2 is 2.10 bits per heavy atom. The predicted octanol–water partition coefficient (Wildman–Crippen LogP) is 1.20. The molecule has 0 saturated carbocycles. The molecule has 2 heterocycles. The van der Waals surface area contributed by atoms with Crippen LogP contribution < -0.4 is 0 Å². The van der Waals surface area contributed by atoms with Gasteiger partial charge >= 0.3 is 5.97 Å². The Bertz CT molecular complexity index is 496. The second-order valence-corrected chi connectivity index (χ2v) is 4.75. The van der Waals surface area contributed by atoms with Gasteiger partial charge in [-0.15, -0.1) is 0 Å². The molecule has 1 aromatic rings. The minimum absolute atomic E-state index is 0.0303. The zero-order valence-electron chi connectivity index (χ0n) is 11.4. The first-order chi connectivity index (χ1) is 9.61. The van der Waals surface area contributed by atoms with Crippen molar-refractivity contribution >= 4 is 11.9 Å². The Morgan fingerprint density at radius 1 is 1.40 bits per heavy atom. The van der Waals surface area contributed by atoms with Gasteiger partial charge in [-0.1, -0.05) is 0 Å². The van der Waals surface area contributed by atoms with Crippen molar-refractivity contribution in [2.24, 2.45) is 5.92 Å². The van der Waals surface area contributed by atoms with Crippen molar-refractivity contribution in [3.63, 3.8) is 0 Å². The monoisotopic (exact) mass is 278 g/mol. The summed E-state index contributed by atoms with van der Waals surface area (Å²) in [7, 11) is 0. The summed E-state index contributed by atoms with van der Waals surface area (Å²) in [5, 5.41) is 9.34. The summed E-state index contributed by atoms with van der Waals surface area (Å²) in [6, 6.07) is 1.40. The van der Waals surface area contributed by atoms with Gasteiger partial charge in [0.1, 0.15) is 5.75 Å². The van der Waals surface area contributed by atoms with E-state index < -0.39 is 0 Å². The van der Waals surface area contributed by atoms with E-state index in [1.807, 2.05) is 0 Å². The molecule has 1 N–H and O–H groups in total. The van der Waals surface area contributed by atoms with Gasteiger partial charge in [-0.25, -0.2) is 0 Å². The summed E-state index contributed by atoms with van der Waals surface area (Å²) in [5.41, 5.74) is 0.361. The number of ether oxygens (including phenoxy) is 1. The van der Waals surface area contributed by atoms with Gasteiger partial charge in [0.2, 0.25) is 0 Å². The smallest absolute Gasteiger partial charge is 0.309 e. The van der Waals surface area contributed by atoms with Crippen molar-refractivity contribution in [1.82, 2.24) is 9.88 Å². The minimum atomic E-state index is -0.182. The minimum Gasteiger partial charge on any atom is -0.506 e. The van der Waals surface area contributed by atoms with Crippen LogP contribution in [0.15, 0.2) is 18.5 Å². The normalized spacial score (nSPS) is 15.9. The van der Waals surface area contributed by atoms with Crippen molar-refractivity contribution in [2.75, 3.05) is 19.7 Å². The number of aromatic nitrogens is 1. The SMILES string of the molecule is CCOC(=O)C1CCN(C(=O)c2cncc(O)c2)CC1. The van der Waals surface area contributed by atoms with Gasteiger partial charge in [0.15, 0.2) is 0 Å². The van der Waals surface area contributed by atoms with Crippen LogP contribution in [0.25, 0.3) is 0 Å². The van der Waals surface area contributed by atoms with E-state index in [0.29, 0.717) is 38.1 Å². The molecule has 1 aliphatic rings. The molecular formula is C14H18N2O4. The van der Waals surface area contributed by atoms with E-state index in [2.05, 4.69) is 4.98 Å². The number of amides is 1. The number of aromatic hydroxyl groups is 1. The van der Waals surface area contributed by atoms with Crippen LogP contribution in [0.2, 0.25) is 0 Å². The third-order valence-corrected chi connectivity index (χ3v) is 3.37. The summed E-state index contributed by atoms with van der Waals surface area (Å²) in [6.07, 6.45) is 3.93. The van der Waals surface area contributed by atoms with Crippen molar-refractivity contribution < 1.29 is 19.4 Å². The van der Waals surface area contributed by atoms with Gasteiger partial charge in [0, 0.05) is 19.3 Å². The maximum absolute atomic E-state index is 12.2. The lowest BCUT2D eigenvalue weighted by Gasteiger charge is -2.30. The lowest BCUT2D eigenvalue weighted by Crippen LogP contribution is -2.40. The average molecular weight is 278 g/mol.